The lowest BCUT2D eigenvalue weighted by atomic mass is 10.2. The highest BCUT2D eigenvalue weighted by atomic mass is 14.6. The van der Waals surface area contributed by atoms with Gasteiger partial charge in [0.25, 0.3) is 0 Å². The fourth-order valence-electron chi connectivity index (χ4n) is 0.586. The molecule has 0 saturated heterocycles. The van der Waals surface area contributed by atoms with Crippen molar-refractivity contribution in [1.82, 2.24) is 0 Å². The van der Waals surface area contributed by atoms with Gasteiger partial charge >= 0.3 is 0 Å². The lowest BCUT2D eigenvalue weighted by Crippen LogP contribution is -2.12. The molecule has 0 aliphatic heterocycles. The van der Waals surface area contributed by atoms with E-state index in [1.54, 1.807) is 0 Å². The van der Waals surface area contributed by atoms with E-state index in [1.807, 2.05) is 13.0 Å². The molecule has 0 aromatic rings. The van der Waals surface area contributed by atoms with Gasteiger partial charge in [-0.25, -0.2) is 0 Å². The fraction of sp³-hybridized carbons (Fsp3) is 0.556. The molecule has 1 nitrogen and oxygen atoms in total. The second kappa shape index (κ2) is 6.56. The van der Waals surface area contributed by atoms with Crippen LogP contribution in [-0.4, -0.2) is 6.04 Å². The zero-order valence-corrected chi connectivity index (χ0v) is 6.88. The largest absolute Gasteiger partial charge is 0.328 e. The lowest BCUT2D eigenvalue weighted by molar-refractivity contribution is 0.757. The zero-order chi connectivity index (χ0) is 7.82. The monoisotopic (exact) mass is 139 g/mol. The maximum atomic E-state index is 5.53. The highest BCUT2D eigenvalue weighted by Gasteiger charge is 1.84. The van der Waals surface area contributed by atoms with Crippen LogP contribution < -0.4 is 5.73 Å². The second-order valence-corrected chi connectivity index (χ2v) is 2.48. The molecule has 58 valence electrons. The lowest BCUT2D eigenvalue weighted by Gasteiger charge is -1.95. The van der Waals surface area contributed by atoms with Gasteiger partial charge in [-0.05, 0) is 19.8 Å². The molecular formula is C9H17N. The summed E-state index contributed by atoms with van der Waals surface area (Å²) in [6.07, 6.45) is 10.4. The number of hydrogen-bond donors (Lipinski definition) is 1. The standard InChI is InChI=1S/C9H17N/c1-3-4-5-6-7-8-9(2)10/h4-7,9H,3,8,10H2,1-2H3/b5-4-,7-6-. The van der Waals surface area contributed by atoms with E-state index in [4.69, 9.17) is 5.73 Å². The first-order valence-electron chi connectivity index (χ1n) is 3.84. The van der Waals surface area contributed by atoms with Crippen LogP contribution in [-0.2, 0) is 0 Å². The van der Waals surface area contributed by atoms with Crippen LogP contribution in [0.1, 0.15) is 26.7 Å². The summed E-state index contributed by atoms with van der Waals surface area (Å²) in [5, 5.41) is 0. The van der Waals surface area contributed by atoms with Crippen LogP contribution in [0, 0.1) is 0 Å². The first kappa shape index (κ1) is 9.44. The summed E-state index contributed by atoms with van der Waals surface area (Å²) in [5.74, 6) is 0. The molecule has 0 aliphatic carbocycles. The molecule has 2 N–H and O–H groups in total. The number of rotatable bonds is 4. The molecule has 0 rings (SSSR count). The fourth-order valence-corrected chi connectivity index (χ4v) is 0.586. The number of nitrogens with two attached hydrogens (primary N) is 1. The molecular weight excluding hydrogens is 122 g/mol. The van der Waals surface area contributed by atoms with Crippen molar-refractivity contribution < 1.29 is 0 Å². The molecule has 0 radical (unpaired) electrons. The van der Waals surface area contributed by atoms with Crippen molar-refractivity contribution in [1.29, 1.82) is 0 Å². The summed E-state index contributed by atoms with van der Waals surface area (Å²) < 4.78 is 0. The van der Waals surface area contributed by atoms with Crippen molar-refractivity contribution in [3.05, 3.63) is 24.3 Å². The molecule has 10 heavy (non-hydrogen) atoms. The van der Waals surface area contributed by atoms with Gasteiger partial charge < -0.3 is 5.73 Å². The number of allylic oxidation sites excluding steroid dienone is 3. The molecule has 0 amide bonds. The van der Waals surface area contributed by atoms with Gasteiger partial charge in [0.15, 0.2) is 0 Å². The first-order valence-corrected chi connectivity index (χ1v) is 3.84. The van der Waals surface area contributed by atoms with Crippen LogP contribution in [0.5, 0.6) is 0 Å². The molecule has 0 aromatic heterocycles. The van der Waals surface area contributed by atoms with E-state index in [0.29, 0.717) is 0 Å². The van der Waals surface area contributed by atoms with Crippen molar-refractivity contribution in [3.63, 3.8) is 0 Å². The Morgan fingerprint density at radius 2 is 1.90 bits per heavy atom. The molecule has 0 aromatic carbocycles. The Kier molecular flexibility index (Phi) is 6.19. The molecule has 1 unspecified atom stereocenters. The zero-order valence-electron chi connectivity index (χ0n) is 6.88. The predicted molar refractivity (Wildman–Crippen MR) is 46.8 cm³/mol. The maximum absolute atomic E-state index is 5.53. The third-order valence-corrected chi connectivity index (χ3v) is 1.13. The van der Waals surface area contributed by atoms with Crippen LogP contribution >= 0.6 is 0 Å². The van der Waals surface area contributed by atoms with E-state index in [2.05, 4.69) is 25.2 Å². The topological polar surface area (TPSA) is 26.0 Å². The smallest absolute Gasteiger partial charge is 0.00451 e. The summed E-state index contributed by atoms with van der Waals surface area (Å²) in [6, 6.07) is 0.284. The molecule has 0 spiro atoms. The van der Waals surface area contributed by atoms with E-state index >= 15 is 0 Å². The highest BCUT2D eigenvalue weighted by Crippen LogP contribution is 1.89. The van der Waals surface area contributed by atoms with E-state index in [-0.39, 0.29) is 6.04 Å². The third-order valence-electron chi connectivity index (χ3n) is 1.13. The van der Waals surface area contributed by atoms with Gasteiger partial charge in [0.1, 0.15) is 0 Å². The van der Waals surface area contributed by atoms with Crippen LogP contribution in [0.4, 0.5) is 0 Å². The Morgan fingerprint density at radius 1 is 1.30 bits per heavy atom. The van der Waals surface area contributed by atoms with Gasteiger partial charge in [0, 0.05) is 6.04 Å². The summed E-state index contributed by atoms with van der Waals surface area (Å²) in [7, 11) is 0. The first-order chi connectivity index (χ1) is 4.77. The summed E-state index contributed by atoms with van der Waals surface area (Å²) in [5.41, 5.74) is 5.53. The highest BCUT2D eigenvalue weighted by molar-refractivity contribution is 5.02. The van der Waals surface area contributed by atoms with Crippen molar-refractivity contribution in [3.8, 4) is 0 Å². The predicted octanol–water partition coefficient (Wildman–Crippen LogP) is 2.25. The van der Waals surface area contributed by atoms with Gasteiger partial charge in [-0.3, -0.25) is 0 Å². The van der Waals surface area contributed by atoms with Crippen molar-refractivity contribution in [2.75, 3.05) is 0 Å². The van der Waals surface area contributed by atoms with Crippen LogP contribution in [0.2, 0.25) is 0 Å². The molecule has 0 aliphatic rings. The molecule has 0 bridgehead atoms. The number of hydrogen-bond acceptors (Lipinski definition) is 1. The molecule has 1 heteroatoms. The Hall–Kier alpha value is -0.560. The van der Waals surface area contributed by atoms with E-state index in [1.165, 1.54) is 0 Å². The van der Waals surface area contributed by atoms with Crippen LogP contribution in [0.3, 0.4) is 0 Å². The quantitative estimate of drug-likeness (QED) is 0.594. The Labute approximate surface area is 63.6 Å². The SMILES string of the molecule is CC/C=C\C=C/CC(C)N. The van der Waals surface area contributed by atoms with Crippen LogP contribution in [0.25, 0.3) is 0 Å². The van der Waals surface area contributed by atoms with Crippen molar-refractivity contribution >= 4 is 0 Å². The van der Waals surface area contributed by atoms with E-state index < -0.39 is 0 Å². The Morgan fingerprint density at radius 3 is 2.40 bits per heavy atom. The van der Waals surface area contributed by atoms with Gasteiger partial charge in [-0.1, -0.05) is 31.2 Å². The minimum absolute atomic E-state index is 0.284. The van der Waals surface area contributed by atoms with Gasteiger partial charge in [-0.2, -0.15) is 0 Å². The molecule has 0 saturated carbocycles. The van der Waals surface area contributed by atoms with Crippen LogP contribution in [0.15, 0.2) is 24.3 Å². The summed E-state index contributed by atoms with van der Waals surface area (Å²) in [6.45, 7) is 4.13. The second-order valence-electron chi connectivity index (χ2n) is 2.48. The van der Waals surface area contributed by atoms with Crippen molar-refractivity contribution in [2.45, 2.75) is 32.7 Å². The molecule has 0 heterocycles. The Balaban J connectivity index is 3.28. The van der Waals surface area contributed by atoms with Gasteiger partial charge in [0.05, 0.1) is 0 Å². The molecule has 1 atom stereocenters. The molecule has 0 fully saturated rings. The maximum Gasteiger partial charge on any atom is 0.00451 e. The van der Waals surface area contributed by atoms with Gasteiger partial charge in [-0.15, -0.1) is 0 Å². The average molecular weight is 139 g/mol. The summed E-state index contributed by atoms with van der Waals surface area (Å²) in [4.78, 5) is 0. The van der Waals surface area contributed by atoms with E-state index in [9.17, 15) is 0 Å². The third kappa shape index (κ3) is 7.44. The Bertz CT molecular complexity index is 112. The minimum Gasteiger partial charge on any atom is -0.328 e. The van der Waals surface area contributed by atoms with Gasteiger partial charge in [0.2, 0.25) is 0 Å². The average Bonchev–Trinajstić information content (AvgIpc) is 1.87. The van der Waals surface area contributed by atoms with E-state index in [0.717, 1.165) is 12.8 Å². The normalized spacial score (nSPS) is 15.1. The minimum atomic E-state index is 0.284. The van der Waals surface area contributed by atoms with Crippen molar-refractivity contribution in [2.24, 2.45) is 5.73 Å². The summed E-state index contributed by atoms with van der Waals surface area (Å²) >= 11 is 0.